The molecule has 0 aromatic rings. The average molecular weight is 151 g/mol. The van der Waals surface area contributed by atoms with Crippen molar-refractivity contribution < 1.29 is 0 Å². The maximum absolute atomic E-state index is 3.84. The zero-order valence-corrected chi connectivity index (χ0v) is 7.10. The van der Waals surface area contributed by atoms with Gasteiger partial charge in [-0.2, -0.15) is 0 Å². The Morgan fingerprint density at radius 2 is 2.45 bits per heavy atom. The van der Waals surface area contributed by atoms with E-state index in [2.05, 4.69) is 18.0 Å². The smallest absolute Gasteiger partial charge is 0.0244 e. The van der Waals surface area contributed by atoms with Gasteiger partial charge in [-0.05, 0) is 38.1 Å². The predicted molar refractivity (Wildman–Crippen MR) is 47.5 cm³/mol. The third-order valence-corrected chi connectivity index (χ3v) is 3.44. The monoisotopic (exact) mass is 151 g/mol. The topological polar surface area (TPSA) is 12.0 Å². The van der Waals surface area contributed by atoms with E-state index in [-0.39, 0.29) is 0 Å². The fraction of sp³-hybridized carbons (Fsp3) is 0.800. The van der Waals surface area contributed by atoms with Crippen LogP contribution in [0, 0.1) is 5.92 Å². The summed E-state index contributed by atoms with van der Waals surface area (Å²) in [6.07, 6.45) is 8.90. The highest BCUT2D eigenvalue weighted by molar-refractivity contribution is 5.06. The van der Waals surface area contributed by atoms with Gasteiger partial charge in [0.15, 0.2) is 0 Å². The van der Waals surface area contributed by atoms with Crippen LogP contribution < -0.4 is 5.32 Å². The molecule has 0 spiro atoms. The Morgan fingerprint density at radius 1 is 1.55 bits per heavy atom. The summed E-state index contributed by atoms with van der Waals surface area (Å²) in [5.74, 6) is 0.959. The summed E-state index contributed by atoms with van der Waals surface area (Å²) in [5, 5.41) is 3.66. The number of hydrogen-bond acceptors (Lipinski definition) is 1. The minimum absolute atomic E-state index is 0.488. The van der Waals surface area contributed by atoms with E-state index in [0.29, 0.717) is 5.54 Å². The Hall–Kier alpha value is -0.300. The molecule has 0 unspecified atom stereocenters. The first-order valence-electron chi connectivity index (χ1n) is 4.73. The van der Waals surface area contributed by atoms with Gasteiger partial charge in [0, 0.05) is 5.54 Å². The fourth-order valence-corrected chi connectivity index (χ4v) is 2.89. The lowest BCUT2D eigenvalue weighted by atomic mass is 9.86. The number of hydrogen-bond donors (Lipinski definition) is 1. The molecule has 0 radical (unpaired) electrons. The first-order valence-corrected chi connectivity index (χ1v) is 4.73. The summed E-state index contributed by atoms with van der Waals surface area (Å²) in [7, 11) is 0. The van der Waals surface area contributed by atoms with Gasteiger partial charge < -0.3 is 5.32 Å². The summed E-state index contributed by atoms with van der Waals surface area (Å²) in [6, 6.07) is 0. The third-order valence-electron chi connectivity index (χ3n) is 3.44. The molecule has 2 rings (SSSR count). The second-order valence-corrected chi connectivity index (χ2v) is 3.95. The molecule has 1 heteroatoms. The van der Waals surface area contributed by atoms with Gasteiger partial charge >= 0.3 is 0 Å². The van der Waals surface area contributed by atoms with Gasteiger partial charge in [0.25, 0.3) is 0 Å². The van der Waals surface area contributed by atoms with Gasteiger partial charge in [0.1, 0.15) is 0 Å². The molecular weight excluding hydrogens is 134 g/mol. The molecule has 2 aliphatic rings. The quantitative estimate of drug-likeness (QED) is 0.596. The Kier molecular flexibility index (Phi) is 1.76. The zero-order valence-electron chi connectivity index (χ0n) is 7.10. The van der Waals surface area contributed by atoms with Crippen LogP contribution >= 0.6 is 0 Å². The highest BCUT2D eigenvalue weighted by Gasteiger charge is 2.44. The molecule has 0 bridgehead atoms. The normalized spacial score (nSPS) is 42.4. The summed E-state index contributed by atoms with van der Waals surface area (Å²) >= 11 is 0. The molecule has 1 nitrogen and oxygen atoms in total. The summed E-state index contributed by atoms with van der Waals surface area (Å²) in [4.78, 5) is 0. The van der Waals surface area contributed by atoms with Gasteiger partial charge in [-0.15, -0.1) is 6.58 Å². The molecule has 1 saturated heterocycles. The molecule has 0 aromatic heterocycles. The Bertz CT molecular complexity index is 152. The van der Waals surface area contributed by atoms with E-state index in [1.54, 1.807) is 0 Å². The molecule has 11 heavy (non-hydrogen) atoms. The van der Waals surface area contributed by atoms with Gasteiger partial charge in [-0.3, -0.25) is 0 Å². The molecule has 2 fully saturated rings. The van der Waals surface area contributed by atoms with Crippen molar-refractivity contribution in [2.45, 2.75) is 37.6 Å². The van der Waals surface area contributed by atoms with Crippen molar-refractivity contribution in [3.05, 3.63) is 12.7 Å². The van der Waals surface area contributed by atoms with E-state index in [1.165, 1.54) is 38.6 Å². The van der Waals surface area contributed by atoms with Gasteiger partial charge in [-0.1, -0.05) is 12.5 Å². The van der Waals surface area contributed by atoms with Crippen molar-refractivity contribution in [1.29, 1.82) is 0 Å². The van der Waals surface area contributed by atoms with E-state index in [9.17, 15) is 0 Å². The minimum atomic E-state index is 0.488. The number of nitrogens with one attached hydrogen (secondary N) is 1. The van der Waals surface area contributed by atoms with Crippen molar-refractivity contribution in [3.63, 3.8) is 0 Å². The van der Waals surface area contributed by atoms with Crippen LogP contribution in [0.4, 0.5) is 0 Å². The van der Waals surface area contributed by atoms with Crippen LogP contribution in [0.1, 0.15) is 32.1 Å². The first-order chi connectivity index (χ1) is 5.37. The zero-order chi connectivity index (χ0) is 7.73. The Morgan fingerprint density at radius 3 is 3.27 bits per heavy atom. The molecule has 2 atom stereocenters. The Labute approximate surface area is 68.9 Å². The van der Waals surface area contributed by atoms with Crippen molar-refractivity contribution in [3.8, 4) is 0 Å². The first kappa shape index (κ1) is 7.35. The predicted octanol–water partition coefficient (Wildman–Crippen LogP) is 2.09. The van der Waals surface area contributed by atoms with Gasteiger partial charge in [-0.25, -0.2) is 0 Å². The van der Waals surface area contributed by atoms with Crippen LogP contribution in [0.25, 0.3) is 0 Å². The van der Waals surface area contributed by atoms with Crippen LogP contribution in [0.2, 0.25) is 0 Å². The number of fused-ring (bicyclic) bond motifs is 1. The van der Waals surface area contributed by atoms with E-state index < -0.39 is 0 Å². The molecule has 1 heterocycles. The molecule has 1 saturated carbocycles. The molecule has 0 amide bonds. The Balaban J connectivity index is 2.13. The summed E-state index contributed by atoms with van der Waals surface area (Å²) in [5.41, 5.74) is 0.488. The lowest BCUT2D eigenvalue weighted by Gasteiger charge is -2.28. The SMILES string of the molecule is C=CC[C@]12CCC[C@H]1CCN2. The van der Waals surface area contributed by atoms with Crippen LogP contribution in [-0.2, 0) is 0 Å². The van der Waals surface area contributed by atoms with Crippen LogP contribution in [0.3, 0.4) is 0 Å². The third kappa shape index (κ3) is 1.02. The average Bonchev–Trinajstić information content (AvgIpc) is 2.45. The standard InChI is InChI=1S/C10H17N/c1-2-6-10-7-3-4-9(10)5-8-11-10/h2,9,11H,1,3-8H2/t9-,10-/m0/s1. The van der Waals surface area contributed by atoms with Crippen molar-refractivity contribution in [1.82, 2.24) is 5.32 Å². The summed E-state index contributed by atoms with van der Waals surface area (Å²) < 4.78 is 0. The molecule has 1 N–H and O–H groups in total. The van der Waals surface area contributed by atoms with Gasteiger partial charge in [0.2, 0.25) is 0 Å². The molecule has 1 aliphatic carbocycles. The largest absolute Gasteiger partial charge is 0.311 e. The molecular formula is C10H17N. The molecule has 0 aromatic carbocycles. The van der Waals surface area contributed by atoms with E-state index in [4.69, 9.17) is 0 Å². The maximum atomic E-state index is 3.84. The van der Waals surface area contributed by atoms with E-state index >= 15 is 0 Å². The van der Waals surface area contributed by atoms with Crippen molar-refractivity contribution in [2.75, 3.05) is 6.54 Å². The maximum Gasteiger partial charge on any atom is 0.0244 e. The molecule has 62 valence electrons. The summed E-state index contributed by atoms with van der Waals surface area (Å²) in [6.45, 7) is 5.07. The van der Waals surface area contributed by atoms with E-state index in [0.717, 1.165) is 5.92 Å². The second-order valence-electron chi connectivity index (χ2n) is 3.95. The van der Waals surface area contributed by atoms with Crippen LogP contribution in [0.5, 0.6) is 0 Å². The highest BCUT2D eigenvalue weighted by Crippen LogP contribution is 2.43. The van der Waals surface area contributed by atoms with E-state index in [1.807, 2.05) is 0 Å². The highest BCUT2D eigenvalue weighted by atomic mass is 15.0. The molecule has 1 aliphatic heterocycles. The van der Waals surface area contributed by atoms with Crippen molar-refractivity contribution >= 4 is 0 Å². The van der Waals surface area contributed by atoms with Crippen LogP contribution in [0.15, 0.2) is 12.7 Å². The minimum Gasteiger partial charge on any atom is -0.311 e. The lowest BCUT2D eigenvalue weighted by molar-refractivity contribution is 0.325. The second kappa shape index (κ2) is 2.63. The van der Waals surface area contributed by atoms with Crippen molar-refractivity contribution in [2.24, 2.45) is 5.92 Å². The van der Waals surface area contributed by atoms with Crippen LogP contribution in [-0.4, -0.2) is 12.1 Å². The van der Waals surface area contributed by atoms with Gasteiger partial charge in [0.05, 0.1) is 0 Å². The number of rotatable bonds is 2. The lowest BCUT2D eigenvalue weighted by Crippen LogP contribution is -2.40. The fourth-order valence-electron chi connectivity index (χ4n) is 2.89.